The molecule has 1 saturated heterocycles. The molecule has 3 rings (SSSR count). The number of carbonyl (C=O) groups is 2. The van der Waals surface area contributed by atoms with Gasteiger partial charge in [-0.15, -0.1) is 0 Å². The molecule has 0 aliphatic carbocycles. The van der Waals surface area contributed by atoms with Gasteiger partial charge in [0.25, 0.3) is 0 Å². The van der Waals surface area contributed by atoms with Gasteiger partial charge in [0.05, 0.1) is 11.3 Å². The van der Waals surface area contributed by atoms with Gasteiger partial charge < -0.3 is 19.5 Å². The van der Waals surface area contributed by atoms with Crippen LogP contribution in [0.2, 0.25) is 0 Å². The van der Waals surface area contributed by atoms with Crippen molar-refractivity contribution >= 4 is 11.9 Å². The van der Waals surface area contributed by atoms with Gasteiger partial charge in [0, 0.05) is 13.1 Å². The second kappa shape index (κ2) is 6.34. The number of piperidine rings is 1. The SMILES string of the molecule is CC(C)(C(=O)N1CCC(C(=O)O)CC1)c1ccc2c(c1)OCCO2. The van der Waals surface area contributed by atoms with Crippen molar-refractivity contribution in [3.8, 4) is 11.5 Å². The number of amides is 1. The standard InChI is InChI=1S/C18H23NO5/c1-18(2,13-3-4-14-15(11-13)24-10-9-23-14)17(22)19-7-5-12(6-8-19)16(20)21/h3-4,11-12H,5-10H2,1-2H3,(H,20,21). The predicted octanol–water partition coefficient (Wildman–Crippen LogP) is 2.06. The summed E-state index contributed by atoms with van der Waals surface area (Å²) in [6, 6.07) is 5.61. The van der Waals surface area contributed by atoms with Gasteiger partial charge in [-0.05, 0) is 44.4 Å². The zero-order valence-corrected chi connectivity index (χ0v) is 14.1. The van der Waals surface area contributed by atoms with E-state index >= 15 is 0 Å². The average Bonchev–Trinajstić information content (AvgIpc) is 2.60. The highest BCUT2D eigenvalue weighted by molar-refractivity contribution is 5.88. The van der Waals surface area contributed by atoms with Crippen LogP contribution in [0.4, 0.5) is 0 Å². The number of carbonyl (C=O) groups excluding carboxylic acids is 1. The Morgan fingerprint density at radius 1 is 1.12 bits per heavy atom. The molecule has 1 amide bonds. The summed E-state index contributed by atoms with van der Waals surface area (Å²) in [5.41, 5.74) is 0.170. The molecule has 6 nitrogen and oxygen atoms in total. The number of hydrogen-bond acceptors (Lipinski definition) is 4. The maximum absolute atomic E-state index is 13.0. The highest BCUT2D eigenvalue weighted by atomic mass is 16.6. The molecule has 2 aliphatic rings. The predicted molar refractivity (Wildman–Crippen MR) is 87.4 cm³/mol. The molecule has 130 valence electrons. The van der Waals surface area contributed by atoms with E-state index in [1.165, 1.54) is 0 Å². The van der Waals surface area contributed by atoms with Crippen LogP contribution >= 0.6 is 0 Å². The summed E-state index contributed by atoms with van der Waals surface area (Å²) >= 11 is 0. The van der Waals surface area contributed by atoms with E-state index in [1.807, 2.05) is 32.0 Å². The summed E-state index contributed by atoms with van der Waals surface area (Å²) in [4.78, 5) is 25.8. The molecule has 0 radical (unpaired) electrons. The van der Waals surface area contributed by atoms with Crippen molar-refractivity contribution in [1.29, 1.82) is 0 Å². The third-order valence-electron chi connectivity index (χ3n) is 4.93. The molecule has 0 unspecified atom stereocenters. The lowest BCUT2D eigenvalue weighted by Gasteiger charge is -2.36. The molecule has 0 aromatic heterocycles. The summed E-state index contributed by atoms with van der Waals surface area (Å²) in [5, 5.41) is 9.08. The first-order valence-corrected chi connectivity index (χ1v) is 8.32. The third kappa shape index (κ3) is 3.05. The summed E-state index contributed by atoms with van der Waals surface area (Å²) in [6.45, 7) is 5.81. The number of ether oxygens (including phenoxy) is 2. The lowest BCUT2D eigenvalue weighted by molar-refractivity contribution is -0.147. The third-order valence-corrected chi connectivity index (χ3v) is 4.93. The molecule has 2 heterocycles. The van der Waals surface area contributed by atoms with Crippen LogP contribution in [-0.2, 0) is 15.0 Å². The van der Waals surface area contributed by atoms with Crippen LogP contribution < -0.4 is 9.47 Å². The van der Waals surface area contributed by atoms with Crippen molar-refractivity contribution in [1.82, 2.24) is 4.90 Å². The van der Waals surface area contributed by atoms with Crippen molar-refractivity contribution in [3.63, 3.8) is 0 Å². The maximum atomic E-state index is 13.0. The number of carboxylic acids is 1. The molecule has 1 fully saturated rings. The molecule has 24 heavy (non-hydrogen) atoms. The van der Waals surface area contributed by atoms with Gasteiger partial charge in [-0.25, -0.2) is 0 Å². The van der Waals surface area contributed by atoms with Gasteiger partial charge in [-0.2, -0.15) is 0 Å². The lowest BCUT2D eigenvalue weighted by atomic mass is 9.82. The number of likely N-dealkylation sites (tertiary alicyclic amines) is 1. The Labute approximate surface area is 141 Å². The van der Waals surface area contributed by atoms with Gasteiger partial charge in [0.2, 0.25) is 5.91 Å². The Kier molecular flexibility index (Phi) is 4.39. The number of hydrogen-bond donors (Lipinski definition) is 1. The molecule has 0 atom stereocenters. The average molecular weight is 333 g/mol. The van der Waals surface area contributed by atoms with Gasteiger partial charge >= 0.3 is 5.97 Å². The van der Waals surface area contributed by atoms with Crippen LogP contribution in [-0.4, -0.2) is 48.2 Å². The van der Waals surface area contributed by atoms with E-state index in [4.69, 9.17) is 14.6 Å². The van der Waals surface area contributed by atoms with Gasteiger partial charge in [0.15, 0.2) is 11.5 Å². The first-order valence-electron chi connectivity index (χ1n) is 8.32. The van der Waals surface area contributed by atoms with E-state index < -0.39 is 11.4 Å². The second-order valence-electron chi connectivity index (χ2n) is 6.89. The Morgan fingerprint density at radius 3 is 2.38 bits per heavy atom. The van der Waals surface area contributed by atoms with Crippen LogP contribution in [0.3, 0.4) is 0 Å². The summed E-state index contributed by atoms with van der Waals surface area (Å²) in [7, 11) is 0. The number of fused-ring (bicyclic) bond motifs is 1. The first-order chi connectivity index (χ1) is 11.4. The van der Waals surface area contributed by atoms with Crippen molar-refractivity contribution < 1.29 is 24.2 Å². The number of rotatable bonds is 3. The molecule has 1 N–H and O–H groups in total. The fourth-order valence-electron chi connectivity index (χ4n) is 3.28. The maximum Gasteiger partial charge on any atom is 0.306 e. The molecular weight excluding hydrogens is 310 g/mol. The highest BCUT2D eigenvalue weighted by Gasteiger charge is 2.37. The molecule has 6 heteroatoms. The quantitative estimate of drug-likeness (QED) is 0.916. The molecule has 0 bridgehead atoms. The van der Waals surface area contributed by atoms with E-state index in [9.17, 15) is 9.59 Å². The molecule has 0 saturated carbocycles. The normalized spacial score (nSPS) is 18.3. The number of benzene rings is 1. The smallest absolute Gasteiger partial charge is 0.306 e. The van der Waals surface area contributed by atoms with Gasteiger partial charge in [0.1, 0.15) is 13.2 Å². The van der Waals surface area contributed by atoms with Crippen LogP contribution in [0.5, 0.6) is 11.5 Å². The van der Waals surface area contributed by atoms with Crippen LogP contribution in [0.15, 0.2) is 18.2 Å². The second-order valence-corrected chi connectivity index (χ2v) is 6.89. The fourth-order valence-corrected chi connectivity index (χ4v) is 3.28. The summed E-state index contributed by atoms with van der Waals surface area (Å²) < 4.78 is 11.1. The van der Waals surface area contributed by atoms with Gasteiger partial charge in [-0.1, -0.05) is 6.07 Å². The zero-order chi connectivity index (χ0) is 17.3. The minimum atomic E-state index is -0.770. The molecule has 0 spiro atoms. The molecule has 1 aromatic rings. The van der Waals surface area contributed by atoms with Crippen molar-refractivity contribution in [3.05, 3.63) is 23.8 Å². The van der Waals surface area contributed by atoms with Crippen molar-refractivity contribution in [2.75, 3.05) is 26.3 Å². The van der Waals surface area contributed by atoms with E-state index in [2.05, 4.69) is 0 Å². The largest absolute Gasteiger partial charge is 0.486 e. The molecule has 2 aliphatic heterocycles. The van der Waals surface area contributed by atoms with E-state index in [0.717, 1.165) is 5.56 Å². The first kappa shape index (κ1) is 16.6. The van der Waals surface area contributed by atoms with Crippen molar-refractivity contribution in [2.24, 2.45) is 5.92 Å². The van der Waals surface area contributed by atoms with E-state index in [-0.39, 0.29) is 11.8 Å². The summed E-state index contributed by atoms with van der Waals surface area (Å²) in [5.74, 6) is 0.280. The number of aliphatic carboxylic acids is 1. The van der Waals surface area contributed by atoms with E-state index in [1.54, 1.807) is 4.90 Å². The molecule has 1 aromatic carbocycles. The zero-order valence-electron chi connectivity index (χ0n) is 14.1. The van der Waals surface area contributed by atoms with Crippen LogP contribution in [0.25, 0.3) is 0 Å². The lowest BCUT2D eigenvalue weighted by Crippen LogP contribution is -2.47. The highest BCUT2D eigenvalue weighted by Crippen LogP contribution is 2.36. The summed E-state index contributed by atoms with van der Waals surface area (Å²) in [6.07, 6.45) is 1.02. The molecular formula is C18H23NO5. The number of nitrogens with zero attached hydrogens (tertiary/aromatic N) is 1. The minimum Gasteiger partial charge on any atom is -0.486 e. The fraction of sp³-hybridized carbons (Fsp3) is 0.556. The number of carboxylic acid groups (broad SMARTS) is 1. The Balaban J connectivity index is 1.75. The Bertz CT molecular complexity index is 647. The Morgan fingerprint density at radius 2 is 1.75 bits per heavy atom. The van der Waals surface area contributed by atoms with Crippen LogP contribution in [0, 0.1) is 5.92 Å². The van der Waals surface area contributed by atoms with Crippen molar-refractivity contribution in [2.45, 2.75) is 32.1 Å². The van der Waals surface area contributed by atoms with E-state index in [0.29, 0.717) is 50.6 Å². The monoisotopic (exact) mass is 333 g/mol. The topological polar surface area (TPSA) is 76.1 Å². The Hall–Kier alpha value is -2.24. The van der Waals surface area contributed by atoms with Crippen LogP contribution in [0.1, 0.15) is 32.3 Å². The minimum absolute atomic E-state index is 0.0167. The van der Waals surface area contributed by atoms with Gasteiger partial charge in [-0.3, -0.25) is 9.59 Å².